The third kappa shape index (κ3) is 3.45. The molecule has 2 rings (SSSR count). The number of benzene rings is 1. The molecule has 1 aliphatic rings. The highest BCUT2D eigenvalue weighted by Gasteiger charge is 2.21. The second kappa shape index (κ2) is 6.33. The number of hydrogen-bond acceptors (Lipinski definition) is 5. The number of non-ortho nitro benzene ring substituents is 1. The second-order valence-electron chi connectivity index (χ2n) is 4.66. The smallest absolute Gasteiger partial charge is 0.409 e. The second-order valence-corrected chi connectivity index (χ2v) is 4.66. The van der Waals surface area contributed by atoms with Gasteiger partial charge in [-0.3, -0.25) is 15.0 Å². The van der Waals surface area contributed by atoms with Crippen LogP contribution in [0.25, 0.3) is 0 Å². The van der Waals surface area contributed by atoms with Crippen LogP contribution in [0.5, 0.6) is 0 Å². The van der Waals surface area contributed by atoms with Crippen LogP contribution in [-0.2, 0) is 11.3 Å². The van der Waals surface area contributed by atoms with Gasteiger partial charge >= 0.3 is 6.09 Å². The van der Waals surface area contributed by atoms with Crippen LogP contribution in [0.1, 0.15) is 5.56 Å². The number of piperazine rings is 1. The van der Waals surface area contributed by atoms with Crippen LogP contribution >= 0.6 is 0 Å². The Morgan fingerprint density at radius 3 is 2.65 bits per heavy atom. The van der Waals surface area contributed by atoms with Crippen molar-refractivity contribution in [1.29, 1.82) is 0 Å². The highest BCUT2D eigenvalue weighted by molar-refractivity contribution is 5.67. The zero-order valence-electron chi connectivity index (χ0n) is 11.3. The number of amides is 1. The fraction of sp³-hybridized carbons (Fsp3) is 0.462. The van der Waals surface area contributed by atoms with Gasteiger partial charge in [-0.15, -0.1) is 0 Å². The standard InChI is InChI=1S/C13H17N3O4/c1-20-13(17)15-7-5-14(6-8-15)10-11-3-2-4-12(9-11)16(18)19/h2-4,9H,5-8,10H2,1H3. The van der Waals surface area contributed by atoms with E-state index < -0.39 is 4.92 Å². The van der Waals surface area contributed by atoms with Gasteiger partial charge in [-0.2, -0.15) is 0 Å². The summed E-state index contributed by atoms with van der Waals surface area (Å²) in [6.07, 6.45) is -0.306. The van der Waals surface area contributed by atoms with Gasteiger partial charge in [-0.1, -0.05) is 12.1 Å². The fourth-order valence-corrected chi connectivity index (χ4v) is 2.24. The summed E-state index contributed by atoms with van der Waals surface area (Å²) < 4.78 is 4.68. The van der Waals surface area contributed by atoms with Crippen molar-refractivity contribution in [2.24, 2.45) is 0 Å². The quantitative estimate of drug-likeness (QED) is 0.618. The third-order valence-corrected chi connectivity index (χ3v) is 3.33. The minimum absolute atomic E-state index is 0.107. The molecule has 108 valence electrons. The molecule has 1 fully saturated rings. The number of carbonyl (C=O) groups is 1. The van der Waals surface area contributed by atoms with Crippen LogP contribution in [-0.4, -0.2) is 54.1 Å². The number of nitro benzene ring substituents is 1. The number of nitro groups is 1. The van der Waals surface area contributed by atoms with Crippen molar-refractivity contribution in [3.05, 3.63) is 39.9 Å². The van der Waals surface area contributed by atoms with E-state index in [1.807, 2.05) is 6.07 Å². The summed E-state index contributed by atoms with van der Waals surface area (Å²) in [4.78, 5) is 25.5. The first-order valence-corrected chi connectivity index (χ1v) is 6.38. The predicted molar refractivity (Wildman–Crippen MR) is 72.4 cm³/mol. The molecule has 1 aromatic carbocycles. The molecule has 0 bridgehead atoms. The highest BCUT2D eigenvalue weighted by Crippen LogP contribution is 2.15. The lowest BCUT2D eigenvalue weighted by molar-refractivity contribution is -0.384. The lowest BCUT2D eigenvalue weighted by atomic mass is 10.2. The molecule has 0 N–H and O–H groups in total. The topological polar surface area (TPSA) is 75.9 Å². The Morgan fingerprint density at radius 1 is 1.35 bits per heavy atom. The van der Waals surface area contributed by atoms with Crippen LogP contribution in [0.4, 0.5) is 10.5 Å². The van der Waals surface area contributed by atoms with Crippen molar-refractivity contribution in [1.82, 2.24) is 9.80 Å². The van der Waals surface area contributed by atoms with Crippen LogP contribution in [0, 0.1) is 10.1 Å². The van der Waals surface area contributed by atoms with Gasteiger partial charge in [-0.05, 0) is 5.56 Å². The molecular formula is C13H17N3O4. The number of carbonyl (C=O) groups excluding carboxylic acids is 1. The largest absolute Gasteiger partial charge is 0.453 e. The zero-order valence-corrected chi connectivity index (χ0v) is 11.3. The maximum atomic E-state index is 11.4. The van der Waals surface area contributed by atoms with Crippen LogP contribution in [0.15, 0.2) is 24.3 Å². The van der Waals surface area contributed by atoms with Crippen molar-refractivity contribution in [2.75, 3.05) is 33.3 Å². The number of methoxy groups -OCH3 is 1. The normalized spacial score (nSPS) is 15.9. The number of hydrogen-bond donors (Lipinski definition) is 0. The average molecular weight is 279 g/mol. The highest BCUT2D eigenvalue weighted by atomic mass is 16.6. The van der Waals surface area contributed by atoms with Gasteiger partial charge in [0.2, 0.25) is 0 Å². The van der Waals surface area contributed by atoms with Gasteiger partial charge in [-0.25, -0.2) is 4.79 Å². The summed E-state index contributed by atoms with van der Waals surface area (Å²) in [7, 11) is 1.37. The van der Waals surface area contributed by atoms with E-state index in [1.165, 1.54) is 13.2 Å². The Labute approximate surface area is 116 Å². The lowest BCUT2D eigenvalue weighted by Crippen LogP contribution is -2.48. The summed E-state index contributed by atoms with van der Waals surface area (Å²) in [5.74, 6) is 0. The molecule has 0 unspecified atom stereocenters. The zero-order chi connectivity index (χ0) is 14.5. The lowest BCUT2D eigenvalue weighted by Gasteiger charge is -2.33. The molecule has 7 heteroatoms. The van der Waals surface area contributed by atoms with E-state index in [-0.39, 0.29) is 11.8 Å². The maximum absolute atomic E-state index is 11.4. The molecule has 1 aliphatic heterocycles. The molecule has 0 aromatic heterocycles. The molecule has 0 radical (unpaired) electrons. The van der Waals surface area contributed by atoms with Crippen molar-refractivity contribution in [3.8, 4) is 0 Å². The van der Waals surface area contributed by atoms with E-state index >= 15 is 0 Å². The van der Waals surface area contributed by atoms with Gasteiger partial charge in [0.25, 0.3) is 5.69 Å². The van der Waals surface area contributed by atoms with E-state index in [0.717, 1.165) is 18.7 Å². The van der Waals surface area contributed by atoms with Gasteiger partial charge < -0.3 is 9.64 Å². The molecule has 1 amide bonds. The molecule has 1 heterocycles. The minimum atomic E-state index is -0.390. The van der Waals surface area contributed by atoms with E-state index in [1.54, 1.807) is 17.0 Å². The molecule has 1 saturated heterocycles. The van der Waals surface area contributed by atoms with E-state index in [4.69, 9.17) is 0 Å². The van der Waals surface area contributed by atoms with Crippen molar-refractivity contribution in [2.45, 2.75) is 6.54 Å². The summed E-state index contributed by atoms with van der Waals surface area (Å²) in [6, 6.07) is 6.64. The van der Waals surface area contributed by atoms with Gasteiger partial charge in [0, 0.05) is 44.9 Å². The first-order chi connectivity index (χ1) is 9.60. The monoisotopic (exact) mass is 279 g/mol. The SMILES string of the molecule is COC(=O)N1CCN(Cc2cccc([N+](=O)[O-])c2)CC1. The number of rotatable bonds is 3. The van der Waals surface area contributed by atoms with Crippen molar-refractivity contribution < 1.29 is 14.5 Å². The van der Waals surface area contributed by atoms with Gasteiger partial charge in [0.1, 0.15) is 0 Å². The molecule has 0 aliphatic carbocycles. The van der Waals surface area contributed by atoms with Crippen molar-refractivity contribution >= 4 is 11.8 Å². The Balaban J connectivity index is 1.91. The summed E-state index contributed by atoms with van der Waals surface area (Å²) in [6.45, 7) is 3.34. The van der Waals surface area contributed by atoms with Gasteiger partial charge in [0.15, 0.2) is 0 Å². The summed E-state index contributed by atoms with van der Waals surface area (Å²) >= 11 is 0. The molecule has 7 nitrogen and oxygen atoms in total. The minimum Gasteiger partial charge on any atom is -0.453 e. The molecule has 20 heavy (non-hydrogen) atoms. The molecule has 0 saturated carbocycles. The Bertz CT molecular complexity index is 498. The van der Waals surface area contributed by atoms with Crippen LogP contribution < -0.4 is 0 Å². The Hall–Kier alpha value is -2.15. The third-order valence-electron chi connectivity index (χ3n) is 3.33. The predicted octanol–water partition coefficient (Wildman–Crippen LogP) is 1.48. The molecule has 0 atom stereocenters. The Kier molecular flexibility index (Phi) is 4.52. The average Bonchev–Trinajstić information content (AvgIpc) is 2.47. The van der Waals surface area contributed by atoms with E-state index in [9.17, 15) is 14.9 Å². The van der Waals surface area contributed by atoms with E-state index in [0.29, 0.717) is 19.6 Å². The first-order valence-electron chi connectivity index (χ1n) is 6.38. The fourth-order valence-electron chi connectivity index (χ4n) is 2.24. The van der Waals surface area contributed by atoms with Crippen LogP contribution in [0.3, 0.4) is 0 Å². The molecular weight excluding hydrogens is 262 g/mol. The maximum Gasteiger partial charge on any atom is 0.409 e. The molecule has 1 aromatic rings. The summed E-state index contributed by atoms with van der Waals surface area (Å²) in [5, 5.41) is 10.7. The Morgan fingerprint density at radius 2 is 2.05 bits per heavy atom. The number of nitrogens with zero attached hydrogens (tertiary/aromatic N) is 3. The van der Waals surface area contributed by atoms with E-state index in [2.05, 4.69) is 9.64 Å². The van der Waals surface area contributed by atoms with Crippen molar-refractivity contribution in [3.63, 3.8) is 0 Å². The van der Waals surface area contributed by atoms with Crippen LogP contribution in [0.2, 0.25) is 0 Å². The summed E-state index contributed by atoms with van der Waals surface area (Å²) in [5.41, 5.74) is 1.02. The molecule has 0 spiro atoms. The number of ether oxygens (including phenoxy) is 1. The van der Waals surface area contributed by atoms with Gasteiger partial charge in [0.05, 0.1) is 12.0 Å². The first kappa shape index (κ1) is 14.3.